The fraction of sp³-hybridized carbons (Fsp3) is 0.350. The summed E-state index contributed by atoms with van der Waals surface area (Å²) in [5.41, 5.74) is 8.19. The maximum absolute atomic E-state index is 12.6. The monoisotopic (exact) mass is 493 g/mol. The van der Waals surface area contributed by atoms with Gasteiger partial charge in [0.25, 0.3) is 5.91 Å². The molecule has 3 N–H and O–H groups in total. The van der Waals surface area contributed by atoms with Gasteiger partial charge in [0, 0.05) is 22.9 Å². The van der Waals surface area contributed by atoms with Gasteiger partial charge < -0.3 is 20.4 Å². The highest BCUT2D eigenvalue weighted by molar-refractivity contribution is 7.99. The molecule has 0 unspecified atom stereocenters. The van der Waals surface area contributed by atoms with Gasteiger partial charge in [-0.2, -0.15) is 0 Å². The third-order valence-electron chi connectivity index (χ3n) is 4.88. The van der Waals surface area contributed by atoms with Gasteiger partial charge in [-0.05, 0) is 31.4 Å². The van der Waals surface area contributed by atoms with Crippen LogP contribution >= 0.6 is 34.4 Å². The number of aryl methyl sites for hydroxylation is 1. The van der Waals surface area contributed by atoms with Crippen LogP contribution in [-0.4, -0.2) is 45.4 Å². The number of thioether (sulfide) groups is 1. The van der Waals surface area contributed by atoms with E-state index in [1.165, 1.54) is 29.3 Å². The Bertz CT molecular complexity index is 1190. The van der Waals surface area contributed by atoms with Crippen LogP contribution in [0.1, 0.15) is 43.0 Å². The number of nitrogens with one attached hydrogen (secondary N) is 1. The number of thiophene rings is 2. The number of hydrogen-bond acceptors (Lipinski definition) is 9. The Hall–Kier alpha value is -2.70. The molecule has 3 aromatic rings. The zero-order chi connectivity index (χ0) is 23.6. The largest absolute Gasteiger partial charge is 0.465 e. The molecule has 0 fully saturated rings. The third-order valence-corrected chi connectivity index (χ3v) is 8.07. The number of aromatic nitrogens is 3. The van der Waals surface area contributed by atoms with Crippen LogP contribution in [0, 0.1) is 13.8 Å². The average Bonchev–Trinajstić information content (AvgIpc) is 3.40. The van der Waals surface area contributed by atoms with Crippen molar-refractivity contribution in [3.8, 4) is 11.4 Å². The molecule has 0 saturated carbocycles. The van der Waals surface area contributed by atoms with E-state index in [1.54, 1.807) is 18.3 Å². The molecule has 0 saturated heterocycles. The molecule has 12 heteroatoms. The summed E-state index contributed by atoms with van der Waals surface area (Å²) in [6.07, 6.45) is 0.901. The Labute approximate surface area is 197 Å². The molecule has 9 nitrogen and oxygen atoms in total. The van der Waals surface area contributed by atoms with Crippen LogP contribution in [0.15, 0.2) is 10.5 Å². The fourth-order valence-electron chi connectivity index (χ4n) is 3.26. The van der Waals surface area contributed by atoms with E-state index in [1.807, 2.05) is 11.6 Å². The molecule has 0 aliphatic heterocycles. The van der Waals surface area contributed by atoms with Gasteiger partial charge in [-0.15, -0.1) is 32.9 Å². The summed E-state index contributed by atoms with van der Waals surface area (Å²) in [7, 11) is 3.09. The highest BCUT2D eigenvalue weighted by Crippen LogP contribution is 2.34. The van der Waals surface area contributed by atoms with Crippen molar-refractivity contribution < 1.29 is 19.1 Å². The quantitative estimate of drug-likeness (QED) is 0.363. The first kappa shape index (κ1) is 24.0. The van der Waals surface area contributed by atoms with E-state index >= 15 is 0 Å². The summed E-state index contributed by atoms with van der Waals surface area (Å²) in [5.74, 6) is -0.887. The van der Waals surface area contributed by atoms with Crippen molar-refractivity contribution in [2.45, 2.75) is 32.3 Å². The maximum atomic E-state index is 12.6. The number of ether oxygens (including phenoxy) is 1. The molecule has 0 spiro atoms. The van der Waals surface area contributed by atoms with Gasteiger partial charge in [0.1, 0.15) is 5.00 Å². The minimum atomic E-state index is -0.672. The lowest BCUT2D eigenvalue weighted by molar-refractivity contribution is -0.113. The second kappa shape index (κ2) is 9.84. The van der Waals surface area contributed by atoms with E-state index in [0.717, 1.165) is 29.1 Å². The zero-order valence-electron chi connectivity index (χ0n) is 18.3. The van der Waals surface area contributed by atoms with Crippen LogP contribution < -0.4 is 11.1 Å². The van der Waals surface area contributed by atoms with Crippen LogP contribution in [0.2, 0.25) is 0 Å². The molecular weight excluding hydrogens is 470 g/mol. The summed E-state index contributed by atoms with van der Waals surface area (Å²) in [6, 6.07) is 0. The van der Waals surface area contributed by atoms with E-state index in [-0.39, 0.29) is 27.1 Å². The molecule has 0 bridgehead atoms. The second-order valence-electron chi connectivity index (χ2n) is 6.86. The highest BCUT2D eigenvalue weighted by atomic mass is 32.2. The van der Waals surface area contributed by atoms with E-state index in [9.17, 15) is 14.4 Å². The Morgan fingerprint density at radius 1 is 1.28 bits per heavy atom. The molecule has 3 rings (SSSR count). The Kier molecular flexibility index (Phi) is 7.36. The number of amides is 2. The minimum absolute atomic E-state index is 0.0404. The number of anilines is 1. The summed E-state index contributed by atoms with van der Waals surface area (Å²) >= 11 is 3.85. The first-order valence-corrected chi connectivity index (χ1v) is 12.3. The van der Waals surface area contributed by atoms with Crippen molar-refractivity contribution >= 4 is 57.2 Å². The van der Waals surface area contributed by atoms with Crippen molar-refractivity contribution in [1.82, 2.24) is 14.8 Å². The third kappa shape index (κ3) is 4.57. The first-order valence-electron chi connectivity index (χ1n) is 9.60. The van der Waals surface area contributed by atoms with Crippen LogP contribution in [0.25, 0.3) is 11.4 Å². The number of nitrogens with zero attached hydrogens (tertiary/aromatic N) is 3. The number of methoxy groups -OCH3 is 1. The predicted molar refractivity (Wildman–Crippen MR) is 127 cm³/mol. The normalized spacial score (nSPS) is 10.9. The second-order valence-corrected chi connectivity index (χ2v) is 9.90. The molecule has 0 atom stereocenters. The summed E-state index contributed by atoms with van der Waals surface area (Å²) in [4.78, 5) is 37.8. The molecule has 3 heterocycles. The Morgan fingerprint density at radius 3 is 2.62 bits per heavy atom. The summed E-state index contributed by atoms with van der Waals surface area (Å²) < 4.78 is 6.64. The smallest absolute Gasteiger partial charge is 0.341 e. The molecule has 0 radical (unpaired) electrons. The van der Waals surface area contributed by atoms with Gasteiger partial charge >= 0.3 is 5.97 Å². The van der Waals surface area contributed by atoms with Crippen LogP contribution in [0.5, 0.6) is 0 Å². The Morgan fingerprint density at radius 2 is 2.00 bits per heavy atom. The molecule has 0 aromatic carbocycles. The molecule has 170 valence electrons. The molecular formula is C20H23N5O4S3. The van der Waals surface area contributed by atoms with Crippen molar-refractivity contribution in [3.63, 3.8) is 0 Å². The molecule has 0 aliphatic rings. The van der Waals surface area contributed by atoms with E-state index in [0.29, 0.717) is 10.7 Å². The van der Waals surface area contributed by atoms with Gasteiger partial charge in [-0.3, -0.25) is 9.59 Å². The van der Waals surface area contributed by atoms with E-state index in [2.05, 4.69) is 34.7 Å². The lowest BCUT2D eigenvalue weighted by atomic mass is 10.1. The Balaban J connectivity index is 1.75. The number of hydrogen-bond donors (Lipinski definition) is 2. The average molecular weight is 494 g/mol. The van der Waals surface area contributed by atoms with Gasteiger partial charge in [0.2, 0.25) is 5.91 Å². The number of rotatable bonds is 8. The molecule has 3 aromatic heterocycles. The predicted octanol–water partition coefficient (Wildman–Crippen LogP) is 3.40. The SMILES string of the molecule is CCc1c(-c2nnc(SCC(=O)Nc3sc(C(N)=O)c(C)c3C(=O)OC)n2C)csc1C. The molecule has 2 amide bonds. The number of primary amides is 1. The molecule has 32 heavy (non-hydrogen) atoms. The van der Waals surface area contributed by atoms with Crippen molar-refractivity contribution in [3.05, 3.63) is 31.8 Å². The van der Waals surface area contributed by atoms with Crippen molar-refractivity contribution in [2.75, 3.05) is 18.2 Å². The van der Waals surface area contributed by atoms with Crippen molar-refractivity contribution in [1.29, 1.82) is 0 Å². The van der Waals surface area contributed by atoms with Crippen LogP contribution in [-0.2, 0) is 23.0 Å². The fourth-order valence-corrected chi connectivity index (χ4v) is 5.97. The standard InChI is InChI=1S/C20H23N5O4S3/c1-6-11-10(3)30-7-12(11)17-23-24-20(25(17)4)31-8-13(26)22-18-14(19(28)29-5)9(2)15(32-18)16(21)27/h7H,6,8H2,1-5H3,(H2,21,27)(H,22,26). The summed E-state index contributed by atoms with van der Waals surface area (Å²) in [6.45, 7) is 5.78. The van der Waals surface area contributed by atoms with Gasteiger partial charge in [0.05, 0.1) is 23.3 Å². The van der Waals surface area contributed by atoms with Crippen LogP contribution in [0.3, 0.4) is 0 Å². The number of carbonyl (C=O) groups excluding carboxylic acids is 3. The highest BCUT2D eigenvalue weighted by Gasteiger charge is 2.25. The topological polar surface area (TPSA) is 129 Å². The van der Waals surface area contributed by atoms with E-state index in [4.69, 9.17) is 10.5 Å². The van der Waals surface area contributed by atoms with E-state index < -0.39 is 11.9 Å². The number of nitrogens with two attached hydrogens (primary N) is 1. The minimum Gasteiger partial charge on any atom is -0.465 e. The van der Waals surface area contributed by atoms with Crippen LogP contribution in [0.4, 0.5) is 5.00 Å². The maximum Gasteiger partial charge on any atom is 0.341 e. The zero-order valence-corrected chi connectivity index (χ0v) is 20.7. The first-order chi connectivity index (χ1) is 15.2. The summed E-state index contributed by atoms with van der Waals surface area (Å²) in [5, 5.41) is 14.1. The van der Waals surface area contributed by atoms with Gasteiger partial charge in [-0.25, -0.2) is 4.79 Å². The van der Waals surface area contributed by atoms with Gasteiger partial charge in [-0.1, -0.05) is 18.7 Å². The molecule has 0 aliphatic carbocycles. The number of carbonyl (C=O) groups is 3. The van der Waals surface area contributed by atoms with Crippen molar-refractivity contribution in [2.24, 2.45) is 12.8 Å². The lowest BCUT2D eigenvalue weighted by Crippen LogP contribution is -2.16. The van der Waals surface area contributed by atoms with Gasteiger partial charge in [0.15, 0.2) is 11.0 Å². The number of esters is 1. The lowest BCUT2D eigenvalue weighted by Gasteiger charge is -2.07.